The van der Waals surface area contributed by atoms with Gasteiger partial charge in [0.05, 0.1) is 20.1 Å². The standard InChI is InChI=1S/C16H9Cl5O6/c17-6-1-2-11(9(20)3-6)26-13(15(22)23)14(16(24)25)27-12-5-8(19)7(18)4-10(12)21/h1-5,13-14H,(H,22,23)(H,24,25). The van der Waals surface area contributed by atoms with Crippen molar-refractivity contribution >= 4 is 69.9 Å². The van der Waals surface area contributed by atoms with Gasteiger partial charge in [0.2, 0.25) is 12.2 Å². The van der Waals surface area contributed by atoms with Crippen LogP contribution in [-0.2, 0) is 9.59 Å². The van der Waals surface area contributed by atoms with Crippen LogP contribution in [0, 0.1) is 0 Å². The lowest BCUT2D eigenvalue weighted by Crippen LogP contribution is -2.47. The van der Waals surface area contributed by atoms with Crippen LogP contribution in [0.2, 0.25) is 25.1 Å². The lowest BCUT2D eigenvalue weighted by Gasteiger charge is -2.23. The van der Waals surface area contributed by atoms with Crippen LogP contribution >= 0.6 is 58.0 Å². The Morgan fingerprint density at radius 2 is 1.19 bits per heavy atom. The van der Waals surface area contributed by atoms with E-state index in [-0.39, 0.29) is 36.6 Å². The van der Waals surface area contributed by atoms with Crippen molar-refractivity contribution in [3.05, 3.63) is 55.4 Å². The Balaban J connectivity index is 2.37. The Kier molecular flexibility index (Phi) is 7.31. The molecule has 0 radical (unpaired) electrons. The predicted octanol–water partition coefficient (Wildman–Crippen LogP) is 5.32. The van der Waals surface area contributed by atoms with E-state index in [4.69, 9.17) is 67.5 Å². The molecule has 2 aromatic rings. The predicted molar refractivity (Wildman–Crippen MR) is 102 cm³/mol. The fourth-order valence-electron chi connectivity index (χ4n) is 1.92. The van der Waals surface area contributed by atoms with Crippen molar-refractivity contribution in [3.63, 3.8) is 0 Å². The third kappa shape index (κ3) is 5.46. The summed E-state index contributed by atoms with van der Waals surface area (Å²) in [7, 11) is 0. The molecule has 2 unspecified atom stereocenters. The number of benzene rings is 2. The number of rotatable bonds is 7. The van der Waals surface area contributed by atoms with Crippen molar-refractivity contribution in [3.8, 4) is 11.5 Å². The van der Waals surface area contributed by atoms with E-state index >= 15 is 0 Å². The number of carbonyl (C=O) groups is 2. The summed E-state index contributed by atoms with van der Waals surface area (Å²) in [5.74, 6) is -3.50. The van der Waals surface area contributed by atoms with Gasteiger partial charge in [0.25, 0.3) is 0 Å². The highest BCUT2D eigenvalue weighted by molar-refractivity contribution is 6.43. The topological polar surface area (TPSA) is 93.1 Å². The largest absolute Gasteiger partial charge is 0.478 e. The molecule has 27 heavy (non-hydrogen) atoms. The van der Waals surface area contributed by atoms with Gasteiger partial charge in [-0.1, -0.05) is 58.0 Å². The van der Waals surface area contributed by atoms with Gasteiger partial charge in [-0.25, -0.2) is 9.59 Å². The maximum absolute atomic E-state index is 11.6. The molecule has 0 spiro atoms. The Morgan fingerprint density at radius 1 is 0.704 bits per heavy atom. The Hall–Kier alpha value is -1.57. The van der Waals surface area contributed by atoms with Gasteiger partial charge < -0.3 is 19.7 Å². The Bertz CT molecular complexity index is 888. The van der Waals surface area contributed by atoms with Crippen LogP contribution in [0.3, 0.4) is 0 Å². The van der Waals surface area contributed by atoms with Crippen molar-refractivity contribution in [2.24, 2.45) is 0 Å². The number of carboxylic acids is 2. The highest BCUT2D eigenvalue weighted by Gasteiger charge is 2.39. The molecule has 0 aliphatic rings. The molecular weight excluding hydrogens is 465 g/mol. The lowest BCUT2D eigenvalue weighted by atomic mass is 10.2. The van der Waals surface area contributed by atoms with Crippen LogP contribution in [0.4, 0.5) is 0 Å². The summed E-state index contributed by atoms with van der Waals surface area (Å²) in [5, 5.41) is 19.2. The molecule has 0 bridgehead atoms. The van der Waals surface area contributed by atoms with E-state index in [1.54, 1.807) is 0 Å². The van der Waals surface area contributed by atoms with Gasteiger partial charge in [0.15, 0.2) is 0 Å². The average molecular weight is 475 g/mol. The highest BCUT2D eigenvalue weighted by Crippen LogP contribution is 2.35. The Labute approximate surface area is 178 Å². The zero-order chi connectivity index (χ0) is 20.3. The summed E-state index contributed by atoms with van der Waals surface area (Å²) in [6, 6.07) is 6.40. The van der Waals surface area contributed by atoms with Gasteiger partial charge in [0.1, 0.15) is 11.5 Å². The molecule has 0 saturated heterocycles. The van der Waals surface area contributed by atoms with Crippen molar-refractivity contribution in [2.45, 2.75) is 12.2 Å². The quantitative estimate of drug-likeness (QED) is 0.528. The number of carboxylic acid groups (broad SMARTS) is 2. The molecule has 0 aliphatic carbocycles. The van der Waals surface area contributed by atoms with Crippen LogP contribution in [0.5, 0.6) is 11.5 Å². The van der Waals surface area contributed by atoms with Crippen molar-refractivity contribution in [1.29, 1.82) is 0 Å². The third-order valence-corrected chi connectivity index (χ3v) is 4.69. The third-order valence-electron chi connectivity index (χ3n) is 3.14. The number of ether oxygens (including phenoxy) is 2. The van der Waals surface area contributed by atoms with Crippen molar-refractivity contribution in [2.75, 3.05) is 0 Å². The molecule has 0 heterocycles. The van der Waals surface area contributed by atoms with E-state index in [0.717, 1.165) is 6.07 Å². The summed E-state index contributed by atoms with van der Waals surface area (Å²) >= 11 is 29.3. The number of hydrogen-bond donors (Lipinski definition) is 2. The molecule has 6 nitrogen and oxygen atoms in total. The molecule has 2 rings (SSSR count). The SMILES string of the molecule is O=C(O)C(Oc1ccc(Cl)cc1Cl)C(Oc1cc(Cl)c(Cl)cc1Cl)C(=O)O. The maximum Gasteiger partial charge on any atom is 0.349 e. The first kappa shape index (κ1) is 21.7. The van der Waals surface area contributed by atoms with Crippen LogP contribution in [0.25, 0.3) is 0 Å². The summed E-state index contributed by atoms with van der Waals surface area (Å²) in [6.07, 6.45) is -3.95. The molecule has 0 aromatic heterocycles. The summed E-state index contributed by atoms with van der Waals surface area (Å²) in [4.78, 5) is 23.2. The first-order chi connectivity index (χ1) is 12.6. The molecule has 2 aromatic carbocycles. The second-order valence-electron chi connectivity index (χ2n) is 5.02. The molecule has 2 N–H and O–H groups in total. The van der Waals surface area contributed by atoms with E-state index in [0.29, 0.717) is 0 Å². The van der Waals surface area contributed by atoms with Crippen LogP contribution in [0.1, 0.15) is 0 Å². The van der Waals surface area contributed by atoms with Crippen molar-refractivity contribution < 1.29 is 29.3 Å². The normalized spacial score (nSPS) is 12.9. The first-order valence-electron chi connectivity index (χ1n) is 6.98. The van der Waals surface area contributed by atoms with Crippen LogP contribution < -0.4 is 9.47 Å². The highest BCUT2D eigenvalue weighted by atomic mass is 35.5. The van der Waals surface area contributed by atoms with Gasteiger partial charge >= 0.3 is 11.9 Å². The molecule has 2 atom stereocenters. The average Bonchev–Trinajstić information content (AvgIpc) is 2.56. The minimum atomic E-state index is -1.98. The van der Waals surface area contributed by atoms with Gasteiger partial charge in [-0.3, -0.25) is 0 Å². The molecule has 0 fully saturated rings. The molecule has 144 valence electrons. The molecule has 11 heteroatoms. The van der Waals surface area contributed by atoms with Gasteiger partial charge in [-0.15, -0.1) is 0 Å². The van der Waals surface area contributed by atoms with Crippen LogP contribution in [-0.4, -0.2) is 34.4 Å². The zero-order valence-electron chi connectivity index (χ0n) is 13.0. The fraction of sp³-hybridized carbons (Fsp3) is 0.125. The van der Waals surface area contributed by atoms with E-state index in [1.807, 2.05) is 0 Å². The molecular formula is C16H9Cl5O6. The second kappa shape index (κ2) is 9.08. The molecule has 0 amide bonds. The number of aliphatic carboxylic acids is 2. The first-order valence-corrected chi connectivity index (χ1v) is 8.87. The van der Waals surface area contributed by atoms with Crippen LogP contribution in [0.15, 0.2) is 30.3 Å². The maximum atomic E-state index is 11.6. The van der Waals surface area contributed by atoms with Gasteiger partial charge in [0, 0.05) is 11.1 Å². The summed E-state index contributed by atoms with van der Waals surface area (Å²) in [6.45, 7) is 0. The Morgan fingerprint density at radius 3 is 1.70 bits per heavy atom. The minimum Gasteiger partial charge on any atom is -0.478 e. The van der Waals surface area contributed by atoms with E-state index in [9.17, 15) is 19.8 Å². The molecule has 0 aliphatic heterocycles. The van der Waals surface area contributed by atoms with E-state index in [2.05, 4.69) is 0 Å². The summed E-state index contributed by atoms with van der Waals surface area (Å²) in [5.41, 5.74) is 0. The monoisotopic (exact) mass is 472 g/mol. The summed E-state index contributed by atoms with van der Waals surface area (Å²) < 4.78 is 10.5. The van der Waals surface area contributed by atoms with E-state index < -0.39 is 24.1 Å². The minimum absolute atomic E-state index is 0.00883. The fourth-order valence-corrected chi connectivity index (χ4v) is 2.96. The van der Waals surface area contributed by atoms with Gasteiger partial charge in [-0.2, -0.15) is 0 Å². The number of halogens is 5. The smallest absolute Gasteiger partial charge is 0.349 e. The van der Waals surface area contributed by atoms with E-state index in [1.165, 1.54) is 24.3 Å². The number of hydrogen-bond acceptors (Lipinski definition) is 4. The van der Waals surface area contributed by atoms with Gasteiger partial charge in [-0.05, 0) is 24.3 Å². The zero-order valence-corrected chi connectivity index (χ0v) is 16.7. The van der Waals surface area contributed by atoms with Crippen molar-refractivity contribution in [1.82, 2.24) is 0 Å². The molecule has 0 saturated carbocycles. The lowest BCUT2D eigenvalue weighted by molar-refractivity contribution is -0.161. The second-order valence-corrected chi connectivity index (χ2v) is 7.09.